The summed E-state index contributed by atoms with van der Waals surface area (Å²) in [4.78, 5) is 35.3. The number of hydrogen-bond donors (Lipinski definition) is 3. The lowest BCUT2D eigenvalue weighted by molar-refractivity contribution is -0.143. The van der Waals surface area contributed by atoms with Crippen LogP contribution in [-0.2, 0) is 15.8 Å². The predicted octanol–water partition coefficient (Wildman–Crippen LogP) is 4.44. The predicted molar refractivity (Wildman–Crippen MR) is 144 cm³/mol. The SMILES string of the molecule is CC[C@H](Nc1cc(C(F)(F)F)c(C(=S)C(N=C(C)C(=O)NCC(C)(C)O)C(=O)N2C3CCC2CC3)cn1)C(F)(F)F. The van der Waals surface area contributed by atoms with Gasteiger partial charge in [-0.3, -0.25) is 14.6 Å². The summed E-state index contributed by atoms with van der Waals surface area (Å²) >= 11 is 5.38. The third-order valence-corrected chi connectivity index (χ3v) is 7.57. The van der Waals surface area contributed by atoms with Gasteiger partial charge in [-0.25, -0.2) is 4.98 Å². The Balaban J connectivity index is 2.03. The van der Waals surface area contributed by atoms with Crippen LogP contribution in [0.2, 0.25) is 0 Å². The zero-order chi connectivity index (χ0) is 30.9. The topological polar surface area (TPSA) is 107 Å². The Morgan fingerprint density at radius 2 is 1.71 bits per heavy atom. The molecule has 2 aliphatic heterocycles. The van der Waals surface area contributed by atoms with Gasteiger partial charge in [0.25, 0.3) is 11.8 Å². The number of nitrogens with one attached hydrogen (secondary N) is 2. The summed E-state index contributed by atoms with van der Waals surface area (Å²) in [5, 5.41) is 14.3. The van der Waals surface area contributed by atoms with Crippen molar-refractivity contribution in [2.75, 3.05) is 11.9 Å². The van der Waals surface area contributed by atoms with Gasteiger partial charge in [0.15, 0.2) is 6.04 Å². The van der Waals surface area contributed by atoms with Gasteiger partial charge in [0.1, 0.15) is 11.9 Å². The van der Waals surface area contributed by atoms with E-state index in [9.17, 15) is 41.0 Å². The molecule has 2 atom stereocenters. The molecular weight excluding hydrogens is 576 g/mol. The van der Waals surface area contributed by atoms with Crippen LogP contribution in [-0.4, -0.2) is 79.9 Å². The zero-order valence-electron chi connectivity index (χ0n) is 23.0. The Morgan fingerprint density at radius 3 is 2.17 bits per heavy atom. The van der Waals surface area contributed by atoms with Crippen molar-refractivity contribution >= 4 is 40.4 Å². The monoisotopic (exact) mass is 609 g/mol. The minimum absolute atomic E-state index is 0.127. The molecule has 15 heteroatoms. The lowest BCUT2D eigenvalue weighted by atomic mass is 10.00. The Bertz CT molecular complexity index is 1180. The van der Waals surface area contributed by atoms with Crippen LogP contribution in [0.4, 0.5) is 32.2 Å². The highest BCUT2D eigenvalue weighted by molar-refractivity contribution is 7.81. The number of rotatable bonds is 10. The van der Waals surface area contributed by atoms with Crippen LogP contribution in [0.3, 0.4) is 0 Å². The number of aliphatic imine (C=N–C) groups is 1. The Kier molecular flexibility index (Phi) is 9.73. The van der Waals surface area contributed by atoms with Crippen molar-refractivity contribution in [1.82, 2.24) is 15.2 Å². The number of alkyl halides is 6. The Hall–Kier alpha value is -2.81. The normalized spacial score (nSPS) is 21.0. The number of hydrogen-bond acceptors (Lipinski definition) is 7. The van der Waals surface area contributed by atoms with Crippen LogP contribution in [0.25, 0.3) is 0 Å². The summed E-state index contributed by atoms with van der Waals surface area (Å²) in [5.74, 6) is -2.09. The molecule has 1 aromatic rings. The number of nitrogens with zero attached hydrogens (tertiary/aromatic N) is 3. The average Bonchev–Trinajstić information content (AvgIpc) is 3.47. The summed E-state index contributed by atoms with van der Waals surface area (Å²) in [6.45, 7) is 5.22. The fourth-order valence-corrected chi connectivity index (χ4v) is 5.34. The van der Waals surface area contributed by atoms with Crippen LogP contribution in [0.5, 0.6) is 0 Å². The number of fused-ring (bicyclic) bond motifs is 2. The first-order chi connectivity index (χ1) is 18.8. The number of pyridine rings is 1. The second kappa shape index (κ2) is 12.2. The molecule has 0 aliphatic carbocycles. The molecule has 2 saturated heterocycles. The zero-order valence-corrected chi connectivity index (χ0v) is 23.8. The van der Waals surface area contributed by atoms with Gasteiger partial charge in [-0.05, 0) is 58.9 Å². The highest BCUT2D eigenvalue weighted by Gasteiger charge is 2.46. The molecule has 3 N–H and O–H groups in total. The minimum Gasteiger partial charge on any atom is -0.389 e. The number of thiocarbonyl (C=S) groups is 1. The number of anilines is 1. The molecule has 3 rings (SSSR count). The summed E-state index contributed by atoms with van der Waals surface area (Å²) in [5.41, 5.74) is -3.60. The number of carbonyl (C=O) groups excluding carboxylic acids is 2. The summed E-state index contributed by atoms with van der Waals surface area (Å²) in [6.07, 6.45) is -6.69. The summed E-state index contributed by atoms with van der Waals surface area (Å²) in [7, 11) is 0. The van der Waals surface area contributed by atoms with Crippen molar-refractivity contribution in [3.05, 3.63) is 23.4 Å². The average molecular weight is 610 g/mol. The first-order valence-electron chi connectivity index (χ1n) is 13.1. The van der Waals surface area contributed by atoms with Gasteiger partial charge in [-0.1, -0.05) is 19.1 Å². The van der Waals surface area contributed by atoms with Crippen molar-refractivity contribution in [2.24, 2.45) is 4.99 Å². The molecule has 2 fully saturated rings. The molecule has 0 radical (unpaired) electrons. The summed E-state index contributed by atoms with van der Waals surface area (Å²) < 4.78 is 82.3. The van der Waals surface area contributed by atoms with Crippen molar-refractivity contribution in [1.29, 1.82) is 0 Å². The third-order valence-electron chi connectivity index (χ3n) is 7.12. The van der Waals surface area contributed by atoms with E-state index in [-0.39, 0.29) is 24.3 Å². The fourth-order valence-electron chi connectivity index (χ4n) is 5.02. The molecule has 0 spiro atoms. The molecule has 2 bridgehead atoms. The molecule has 2 amide bonds. The third kappa shape index (κ3) is 7.93. The van der Waals surface area contributed by atoms with Gasteiger partial charge >= 0.3 is 12.4 Å². The van der Waals surface area contributed by atoms with E-state index in [1.807, 2.05) is 5.32 Å². The van der Waals surface area contributed by atoms with Crippen LogP contribution in [0, 0.1) is 0 Å². The number of aliphatic hydroxyl groups is 1. The first-order valence-corrected chi connectivity index (χ1v) is 13.6. The minimum atomic E-state index is -5.07. The van der Waals surface area contributed by atoms with E-state index in [1.54, 1.807) is 4.90 Å². The van der Waals surface area contributed by atoms with E-state index in [0.717, 1.165) is 25.7 Å². The lowest BCUT2D eigenvalue weighted by Gasteiger charge is -2.27. The van der Waals surface area contributed by atoms with Gasteiger partial charge in [0, 0.05) is 30.4 Å². The fraction of sp³-hybridized carbons (Fsp3) is 0.654. The number of halogens is 6. The summed E-state index contributed by atoms with van der Waals surface area (Å²) in [6, 6.07) is -3.67. The van der Waals surface area contributed by atoms with E-state index in [1.165, 1.54) is 27.7 Å². The van der Waals surface area contributed by atoms with E-state index < -0.39 is 70.1 Å². The molecule has 1 aromatic heterocycles. The van der Waals surface area contributed by atoms with E-state index >= 15 is 0 Å². The molecule has 8 nitrogen and oxygen atoms in total. The molecule has 1 unspecified atom stereocenters. The van der Waals surface area contributed by atoms with Crippen LogP contribution < -0.4 is 10.6 Å². The largest absolute Gasteiger partial charge is 0.417 e. The van der Waals surface area contributed by atoms with E-state index in [0.29, 0.717) is 12.3 Å². The van der Waals surface area contributed by atoms with Crippen LogP contribution >= 0.6 is 12.2 Å². The lowest BCUT2D eigenvalue weighted by Crippen LogP contribution is -2.46. The van der Waals surface area contributed by atoms with Gasteiger partial charge in [-0.2, -0.15) is 26.3 Å². The molecule has 41 heavy (non-hydrogen) atoms. The second-order valence-corrected chi connectivity index (χ2v) is 11.4. The van der Waals surface area contributed by atoms with Gasteiger partial charge in [0.2, 0.25) is 0 Å². The molecule has 228 valence electrons. The first kappa shape index (κ1) is 32.7. The molecule has 0 aromatic carbocycles. The van der Waals surface area contributed by atoms with Gasteiger partial charge in [-0.15, -0.1) is 0 Å². The molecular formula is C26H33F6N5O3S. The molecule has 3 heterocycles. The highest BCUT2D eigenvalue weighted by Crippen LogP contribution is 2.39. The van der Waals surface area contributed by atoms with Crippen molar-refractivity contribution in [3.63, 3.8) is 0 Å². The Labute approximate surface area is 239 Å². The second-order valence-electron chi connectivity index (χ2n) is 10.9. The van der Waals surface area contributed by atoms with Gasteiger partial charge in [0.05, 0.1) is 21.7 Å². The van der Waals surface area contributed by atoms with Gasteiger partial charge < -0.3 is 20.6 Å². The van der Waals surface area contributed by atoms with Crippen LogP contribution in [0.15, 0.2) is 17.3 Å². The molecule has 0 saturated carbocycles. The van der Waals surface area contributed by atoms with Crippen molar-refractivity contribution < 1.29 is 41.0 Å². The number of aromatic nitrogens is 1. The van der Waals surface area contributed by atoms with E-state index in [4.69, 9.17) is 12.2 Å². The quantitative estimate of drug-likeness (QED) is 0.157. The number of amides is 2. The number of carbonyl (C=O) groups is 2. The maximum Gasteiger partial charge on any atom is 0.417 e. The maximum absolute atomic E-state index is 14.2. The van der Waals surface area contributed by atoms with E-state index in [2.05, 4.69) is 15.3 Å². The van der Waals surface area contributed by atoms with Crippen molar-refractivity contribution in [3.8, 4) is 0 Å². The maximum atomic E-state index is 14.2. The Morgan fingerprint density at radius 1 is 1.15 bits per heavy atom. The smallest absolute Gasteiger partial charge is 0.389 e. The highest BCUT2D eigenvalue weighted by atomic mass is 32.1. The standard InChI is InChI=1S/C26H33F6N5O3S/c1-5-18(26(30,31)32)36-19-10-17(25(27,28)29)16(11-33-19)21(41)20(23(39)37-14-6-7-15(37)9-8-14)35-13(2)22(38)34-12-24(3,4)40/h10-11,14-15,18,20,40H,5-9,12H2,1-4H3,(H,33,36)(H,34,38)/t14?,15?,18-,20?/m0/s1. The molecule has 2 aliphatic rings. The van der Waals surface area contributed by atoms with Crippen molar-refractivity contribution in [2.45, 2.75) is 102 Å². The van der Waals surface area contributed by atoms with Crippen LogP contribution in [0.1, 0.15) is 70.9 Å².